The summed E-state index contributed by atoms with van der Waals surface area (Å²) in [5.41, 5.74) is 8.49. The van der Waals surface area contributed by atoms with Crippen molar-refractivity contribution in [1.82, 2.24) is 9.88 Å². The SMILES string of the molecule is CC(=O)c1ccc(N2CCN(C(=O)c3csc(C(N)CC(C)C)n3)CC2)cc1. The Balaban J connectivity index is 1.58. The average molecular weight is 401 g/mol. The number of amides is 1. The van der Waals surface area contributed by atoms with E-state index in [0.717, 1.165) is 30.2 Å². The van der Waals surface area contributed by atoms with Crippen LogP contribution in [0.5, 0.6) is 0 Å². The van der Waals surface area contributed by atoms with Crippen LogP contribution in [0.25, 0.3) is 0 Å². The summed E-state index contributed by atoms with van der Waals surface area (Å²) in [5, 5.41) is 2.66. The third-order valence-corrected chi connectivity index (χ3v) is 5.97. The average Bonchev–Trinajstić information content (AvgIpc) is 3.17. The summed E-state index contributed by atoms with van der Waals surface area (Å²) >= 11 is 1.47. The summed E-state index contributed by atoms with van der Waals surface area (Å²) in [6.07, 6.45) is 0.863. The van der Waals surface area contributed by atoms with Gasteiger partial charge in [0.25, 0.3) is 5.91 Å². The van der Waals surface area contributed by atoms with Gasteiger partial charge in [0.1, 0.15) is 10.7 Å². The molecule has 0 saturated carbocycles. The zero-order chi connectivity index (χ0) is 20.3. The fourth-order valence-corrected chi connectivity index (χ4v) is 4.21. The van der Waals surface area contributed by atoms with Crippen molar-refractivity contribution in [3.63, 3.8) is 0 Å². The molecule has 1 aromatic heterocycles. The van der Waals surface area contributed by atoms with Gasteiger partial charge in [-0.25, -0.2) is 4.98 Å². The number of hydrogen-bond acceptors (Lipinski definition) is 6. The van der Waals surface area contributed by atoms with E-state index in [2.05, 4.69) is 23.7 Å². The van der Waals surface area contributed by atoms with Crippen molar-refractivity contribution in [3.8, 4) is 0 Å². The number of carbonyl (C=O) groups excluding carboxylic acids is 2. The first-order chi connectivity index (χ1) is 13.3. The molecule has 3 rings (SSSR count). The topological polar surface area (TPSA) is 79.5 Å². The number of rotatable bonds is 6. The van der Waals surface area contributed by atoms with E-state index in [9.17, 15) is 9.59 Å². The lowest BCUT2D eigenvalue weighted by Gasteiger charge is -2.35. The number of nitrogens with zero attached hydrogens (tertiary/aromatic N) is 3. The van der Waals surface area contributed by atoms with Gasteiger partial charge in [0.15, 0.2) is 5.78 Å². The molecule has 1 aromatic carbocycles. The Morgan fingerprint density at radius 1 is 1.14 bits per heavy atom. The largest absolute Gasteiger partial charge is 0.368 e. The Morgan fingerprint density at radius 2 is 1.79 bits per heavy atom. The molecule has 1 aliphatic rings. The Labute approximate surface area is 170 Å². The van der Waals surface area contributed by atoms with Gasteiger partial charge in [0, 0.05) is 42.8 Å². The first kappa shape index (κ1) is 20.5. The lowest BCUT2D eigenvalue weighted by Crippen LogP contribution is -2.48. The maximum Gasteiger partial charge on any atom is 0.273 e. The Hall–Kier alpha value is -2.25. The molecule has 0 spiro atoms. The molecule has 0 aliphatic carbocycles. The summed E-state index contributed by atoms with van der Waals surface area (Å²) in [6, 6.07) is 7.54. The maximum atomic E-state index is 12.8. The molecule has 2 N–H and O–H groups in total. The minimum absolute atomic E-state index is 0.0224. The summed E-state index contributed by atoms with van der Waals surface area (Å²) in [5.74, 6) is 0.541. The summed E-state index contributed by atoms with van der Waals surface area (Å²) in [6.45, 7) is 8.65. The van der Waals surface area contributed by atoms with E-state index in [1.165, 1.54) is 11.3 Å². The van der Waals surface area contributed by atoms with E-state index < -0.39 is 0 Å². The Morgan fingerprint density at radius 3 is 2.36 bits per heavy atom. The fourth-order valence-electron chi connectivity index (χ4n) is 3.40. The highest BCUT2D eigenvalue weighted by molar-refractivity contribution is 7.09. The molecule has 0 bridgehead atoms. The van der Waals surface area contributed by atoms with Gasteiger partial charge in [-0.15, -0.1) is 11.3 Å². The van der Waals surface area contributed by atoms with Crippen molar-refractivity contribution < 1.29 is 9.59 Å². The second-order valence-corrected chi connectivity index (χ2v) is 8.58. The van der Waals surface area contributed by atoms with Crippen LogP contribution in [0.4, 0.5) is 5.69 Å². The molecular weight excluding hydrogens is 372 g/mol. The van der Waals surface area contributed by atoms with Gasteiger partial charge in [0.05, 0.1) is 6.04 Å². The van der Waals surface area contributed by atoms with E-state index >= 15 is 0 Å². The van der Waals surface area contributed by atoms with Gasteiger partial charge in [-0.2, -0.15) is 0 Å². The highest BCUT2D eigenvalue weighted by atomic mass is 32.1. The van der Waals surface area contributed by atoms with Crippen LogP contribution in [-0.4, -0.2) is 47.8 Å². The molecule has 7 heteroatoms. The molecule has 1 saturated heterocycles. The van der Waals surface area contributed by atoms with Gasteiger partial charge < -0.3 is 15.5 Å². The predicted octanol–water partition coefficient (Wildman–Crippen LogP) is 3.35. The van der Waals surface area contributed by atoms with Crippen molar-refractivity contribution in [3.05, 3.63) is 45.9 Å². The van der Waals surface area contributed by atoms with Crippen molar-refractivity contribution in [2.45, 2.75) is 33.2 Å². The molecule has 6 nitrogen and oxygen atoms in total. The molecule has 1 amide bonds. The van der Waals surface area contributed by atoms with E-state index in [-0.39, 0.29) is 17.7 Å². The van der Waals surface area contributed by atoms with Crippen LogP contribution in [0, 0.1) is 5.92 Å². The number of benzene rings is 1. The highest BCUT2D eigenvalue weighted by Crippen LogP contribution is 2.24. The highest BCUT2D eigenvalue weighted by Gasteiger charge is 2.25. The van der Waals surface area contributed by atoms with Crippen molar-refractivity contribution in [2.24, 2.45) is 11.7 Å². The van der Waals surface area contributed by atoms with E-state index in [0.29, 0.717) is 30.3 Å². The van der Waals surface area contributed by atoms with Crippen molar-refractivity contribution in [1.29, 1.82) is 0 Å². The second kappa shape index (κ2) is 8.84. The zero-order valence-corrected chi connectivity index (χ0v) is 17.5. The number of Topliss-reactive ketones (excluding diaryl/α,β-unsaturated/α-hetero) is 1. The predicted molar refractivity (Wildman–Crippen MR) is 113 cm³/mol. The monoisotopic (exact) mass is 400 g/mol. The number of hydrogen-bond donors (Lipinski definition) is 1. The smallest absolute Gasteiger partial charge is 0.273 e. The van der Waals surface area contributed by atoms with Crippen LogP contribution < -0.4 is 10.6 Å². The van der Waals surface area contributed by atoms with Crippen LogP contribution in [0.3, 0.4) is 0 Å². The molecule has 1 fully saturated rings. The number of piperazine rings is 1. The van der Waals surface area contributed by atoms with Gasteiger partial charge in [-0.1, -0.05) is 13.8 Å². The molecule has 2 heterocycles. The maximum absolute atomic E-state index is 12.8. The van der Waals surface area contributed by atoms with Gasteiger partial charge in [-0.05, 0) is 43.5 Å². The normalized spacial score (nSPS) is 15.8. The van der Waals surface area contributed by atoms with Crippen LogP contribution in [0.1, 0.15) is 59.1 Å². The van der Waals surface area contributed by atoms with E-state index in [1.807, 2.05) is 34.5 Å². The second-order valence-electron chi connectivity index (χ2n) is 7.69. The molecule has 2 aromatic rings. The standard InChI is InChI=1S/C21H28N4O2S/c1-14(2)12-18(22)20-23-19(13-28-20)21(27)25-10-8-24(9-11-25)17-6-4-16(5-7-17)15(3)26/h4-7,13-14,18H,8-12,22H2,1-3H3. The summed E-state index contributed by atoms with van der Waals surface area (Å²) in [4.78, 5) is 32.8. The quantitative estimate of drug-likeness (QED) is 0.752. The number of anilines is 1. The first-order valence-corrected chi connectivity index (χ1v) is 10.6. The number of carbonyl (C=O) groups is 2. The van der Waals surface area contributed by atoms with Crippen molar-refractivity contribution in [2.75, 3.05) is 31.1 Å². The molecule has 28 heavy (non-hydrogen) atoms. The van der Waals surface area contributed by atoms with Gasteiger partial charge in [-0.3, -0.25) is 9.59 Å². The Bertz CT molecular complexity index is 823. The molecule has 1 atom stereocenters. The zero-order valence-electron chi connectivity index (χ0n) is 16.7. The van der Waals surface area contributed by atoms with Crippen LogP contribution in [0.15, 0.2) is 29.6 Å². The molecule has 1 unspecified atom stereocenters. The third kappa shape index (κ3) is 4.77. The van der Waals surface area contributed by atoms with Gasteiger partial charge in [0.2, 0.25) is 0 Å². The van der Waals surface area contributed by atoms with Gasteiger partial charge >= 0.3 is 0 Å². The minimum Gasteiger partial charge on any atom is -0.368 e. The number of nitrogens with two attached hydrogens (primary N) is 1. The molecule has 0 radical (unpaired) electrons. The van der Waals surface area contributed by atoms with E-state index in [4.69, 9.17) is 5.73 Å². The summed E-state index contributed by atoms with van der Waals surface area (Å²) < 4.78 is 0. The third-order valence-electron chi connectivity index (χ3n) is 4.99. The lowest BCUT2D eigenvalue weighted by atomic mass is 10.1. The van der Waals surface area contributed by atoms with Crippen LogP contribution >= 0.6 is 11.3 Å². The molecule has 1 aliphatic heterocycles. The van der Waals surface area contributed by atoms with Crippen LogP contribution in [-0.2, 0) is 0 Å². The lowest BCUT2D eigenvalue weighted by molar-refractivity contribution is 0.0741. The number of thiazole rings is 1. The summed E-state index contributed by atoms with van der Waals surface area (Å²) in [7, 11) is 0. The fraction of sp³-hybridized carbons (Fsp3) is 0.476. The first-order valence-electron chi connectivity index (χ1n) is 9.71. The van der Waals surface area contributed by atoms with E-state index in [1.54, 1.807) is 6.92 Å². The van der Waals surface area contributed by atoms with Crippen molar-refractivity contribution >= 4 is 28.7 Å². The molecular formula is C21H28N4O2S. The number of ketones is 1. The Kier molecular flexibility index (Phi) is 6.46. The number of aromatic nitrogens is 1. The minimum atomic E-state index is -0.110. The van der Waals surface area contributed by atoms with Crippen LogP contribution in [0.2, 0.25) is 0 Å². The molecule has 150 valence electrons.